The lowest BCUT2D eigenvalue weighted by Crippen LogP contribution is -2.41. The Morgan fingerprint density at radius 3 is 2.75 bits per heavy atom. The van der Waals surface area contributed by atoms with Gasteiger partial charge in [0.1, 0.15) is 0 Å². The first-order valence-electron chi connectivity index (χ1n) is 7.32. The zero-order valence-electron chi connectivity index (χ0n) is 12.2. The van der Waals surface area contributed by atoms with E-state index in [1.807, 2.05) is 35.2 Å². The third-order valence-electron chi connectivity index (χ3n) is 3.95. The van der Waals surface area contributed by atoms with E-state index in [1.54, 1.807) is 6.92 Å². The third-order valence-corrected chi connectivity index (χ3v) is 3.95. The molecule has 0 aromatic heterocycles. The molecular weight excluding hydrogens is 252 g/mol. The molecule has 1 amide bonds. The fourth-order valence-electron chi connectivity index (χ4n) is 2.65. The maximum absolute atomic E-state index is 12.1. The van der Waals surface area contributed by atoms with E-state index < -0.39 is 0 Å². The summed E-state index contributed by atoms with van der Waals surface area (Å²) in [5, 5.41) is 12.7. The van der Waals surface area contributed by atoms with E-state index in [2.05, 4.69) is 12.2 Å². The molecule has 20 heavy (non-hydrogen) atoms. The molecule has 3 atom stereocenters. The van der Waals surface area contributed by atoms with E-state index in [4.69, 9.17) is 0 Å². The SMILES string of the molecule is CC(O)CCNC1CC(=O)N(Cc2ccccc2)C1C. The summed E-state index contributed by atoms with van der Waals surface area (Å²) in [4.78, 5) is 14.1. The van der Waals surface area contributed by atoms with Crippen molar-refractivity contribution in [3.05, 3.63) is 35.9 Å². The predicted molar refractivity (Wildman–Crippen MR) is 79.2 cm³/mol. The lowest BCUT2D eigenvalue weighted by molar-refractivity contribution is -0.129. The highest BCUT2D eigenvalue weighted by Gasteiger charge is 2.36. The molecule has 0 spiro atoms. The molecule has 4 nitrogen and oxygen atoms in total. The van der Waals surface area contributed by atoms with Gasteiger partial charge in [0, 0.05) is 25.0 Å². The standard InChI is InChI=1S/C16H24N2O2/c1-12(19)8-9-17-15-10-16(20)18(13(15)2)11-14-6-4-3-5-7-14/h3-7,12-13,15,17,19H,8-11H2,1-2H3. The molecule has 1 saturated heterocycles. The summed E-state index contributed by atoms with van der Waals surface area (Å²) < 4.78 is 0. The van der Waals surface area contributed by atoms with E-state index in [-0.39, 0.29) is 24.1 Å². The van der Waals surface area contributed by atoms with Crippen LogP contribution in [0.25, 0.3) is 0 Å². The Labute approximate surface area is 120 Å². The maximum Gasteiger partial charge on any atom is 0.224 e. The molecule has 2 rings (SSSR count). The van der Waals surface area contributed by atoms with Gasteiger partial charge < -0.3 is 15.3 Å². The van der Waals surface area contributed by atoms with Gasteiger partial charge in [0.15, 0.2) is 0 Å². The lowest BCUT2D eigenvalue weighted by atomic mass is 10.1. The summed E-state index contributed by atoms with van der Waals surface area (Å²) in [6.07, 6.45) is 0.972. The number of hydrogen-bond acceptors (Lipinski definition) is 3. The number of rotatable bonds is 6. The highest BCUT2D eigenvalue weighted by atomic mass is 16.3. The second-order valence-electron chi connectivity index (χ2n) is 5.65. The van der Waals surface area contributed by atoms with Gasteiger partial charge in [0.25, 0.3) is 0 Å². The first-order chi connectivity index (χ1) is 9.58. The Balaban J connectivity index is 1.90. The number of amides is 1. The van der Waals surface area contributed by atoms with Crippen molar-refractivity contribution in [3.63, 3.8) is 0 Å². The van der Waals surface area contributed by atoms with Crippen molar-refractivity contribution in [1.29, 1.82) is 0 Å². The van der Waals surface area contributed by atoms with Gasteiger partial charge in [-0.15, -0.1) is 0 Å². The molecule has 1 aromatic carbocycles. The van der Waals surface area contributed by atoms with Crippen LogP contribution in [-0.4, -0.2) is 40.6 Å². The first kappa shape index (κ1) is 15.0. The van der Waals surface area contributed by atoms with Gasteiger partial charge in [-0.25, -0.2) is 0 Å². The third kappa shape index (κ3) is 3.81. The van der Waals surface area contributed by atoms with Gasteiger partial charge >= 0.3 is 0 Å². The molecule has 1 fully saturated rings. The van der Waals surface area contributed by atoms with Gasteiger partial charge in [0.05, 0.1) is 6.10 Å². The fraction of sp³-hybridized carbons (Fsp3) is 0.562. The molecular formula is C16H24N2O2. The predicted octanol–water partition coefficient (Wildman–Crippen LogP) is 1.54. The Hall–Kier alpha value is -1.39. The van der Waals surface area contributed by atoms with Crippen LogP contribution in [0, 0.1) is 0 Å². The maximum atomic E-state index is 12.1. The van der Waals surface area contributed by atoms with Crippen LogP contribution in [0.15, 0.2) is 30.3 Å². The van der Waals surface area contributed by atoms with Crippen LogP contribution in [0.1, 0.15) is 32.3 Å². The van der Waals surface area contributed by atoms with Crippen molar-refractivity contribution in [2.45, 2.75) is 51.4 Å². The number of nitrogens with one attached hydrogen (secondary N) is 1. The topological polar surface area (TPSA) is 52.6 Å². The van der Waals surface area contributed by atoms with Crippen molar-refractivity contribution in [2.24, 2.45) is 0 Å². The minimum absolute atomic E-state index is 0.185. The van der Waals surface area contributed by atoms with Crippen molar-refractivity contribution < 1.29 is 9.90 Å². The van der Waals surface area contributed by atoms with Crippen molar-refractivity contribution in [3.8, 4) is 0 Å². The molecule has 3 unspecified atom stereocenters. The monoisotopic (exact) mass is 276 g/mol. The van der Waals surface area contributed by atoms with Gasteiger partial charge in [0.2, 0.25) is 5.91 Å². The summed E-state index contributed by atoms with van der Waals surface area (Å²) in [6, 6.07) is 10.5. The van der Waals surface area contributed by atoms with E-state index in [0.717, 1.165) is 18.5 Å². The van der Waals surface area contributed by atoms with Crippen LogP contribution in [0.3, 0.4) is 0 Å². The van der Waals surface area contributed by atoms with Crippen molar-refractivity contribution in [1.82, 2.24) is 10.2 Å². The van der Waals surface area contributed by atoms with Crippen LogP contribution >= 0.6 is 0 Å². The highest BCUT2D eigenvalue weighted by Crippen LogP contribution is 2.21. The molecule has 1 heterocycles. The second-order valence-corrected chi connectivity index (χ2v) is 5.65. The Kier molecular flexibility index (Phi) is 5.15. The average Bonchev–Trinajstić information content (AvgIpc) is 2.67. The van der Waals surface area contributed by atoms with Crippen LogP contribution in [-0.2, 0) is 11.3 Å². The number of hydrogen-bond donors (Lipinski definition) is 2. The smallest absolute Gasteiger partial charge is 0.224 e. The number of carbonyl (C=O) groups is 1. The first-order valence-corrected chi connectivity index (χ1v) is 7.32. The number of likely N-dealkylation sites (tertiary alicyclic amines) is 1. The quantitative estimate of drug-likeness (QED) is 0.828. The van der Waals surface area contributed by atoms with E-state index >= 15 is 0 Å². The van der Waals surface area contributed by atoms with E-state index in [1.165, 1.54) is 0 Å². The Morgan fingerprint density at radius 1 is 1.40 bits per heavy atom. The van der Waals surface area contributed by atoms with Gasteiger partial charge in [-0.1, -0.05) is 30.3 Å². The highest BCUT2D eigenvalue weighted by molar-refractivity contribution is 5.80. The molecule has 0 aliphatic carbocycles. The van der Waals surface area contributed by atoms with E-state index in [9.17, 15) is 9.90 Å². The summed E-state index contributed by atoms with van der Waals surface area (Å²) in [7, 11) is 0. The molecule has 2 N–H and O–H groups in total. The van der Waals surface area contributed by atoms with Gasteiger partial charge in [-0.3, -0.25) is 4.79 Å². The largest absolute Gasteiger partial charge is 0.393 e. The molecule has 0 saturated carbocycles. The lowest BCUT2D eigenvalue weighted by Gasteiger charge is -2.25. The second kappa shape index (κ2) is 6.86. The Bertz CT molecular complexity index is 433. The van der Waals surface area contributed by atoms with E-state index in [0.29, 0.717) is 13.0 Å². The minimum Gasteiger partial charge on any atom is -0.393 e. The van der Waals surface area contributed by atoms with Crippen LogP contribution in [0.2, 0.25) is 0 Å². The summed E-state index contributed by atoms with van der Waals surface area (Å²) in [6.45, 7) is 5.30. The molecule has 1 aliphatic rings. The average molecular weight is 276 g/mol. The summed E-state index contributed by atoms with van der Waals surface area (Å²) in [5.41, 5.74) is 1.16. The number of aliphatic hydroxyl groups is 1. The fourth-order valence-corrected chi connectivity index (χ4v) is 2.65. The number of benzene rings is 1. The summed E-state index contributed by atoms with van der Waals surface area (Å²) in [5.74, 6) is 0.205. The zero-order valence-corrected chi connectivity index (χ0v) is 12.2. The molecule has 0 radical (unpaired) electrons. The Morgan fingerprint density at radius 2 is 2.10 bits per heavy atom. The van der Waals surface area contributed by atoms with Gasteiger partial charge in [-0.2, -0.15) is 0 Å². The molecule has 1 aliphatic heterocycles. The van der Waals surface area contributed by atoms with Gasteiger partial charge in [-0.05, 0) is 32.4 Å². The number of aliphatic hydroxyl groups excluding tert-OH is 1. The normalized spacial score (nSPS) is 24.1. The van der Waals surface area contributed by atoms with Crippen LogP contribution in [0.4, 0.5) is 0 Å². The number of nitrogens with zero attached hydrogens (tertiary/aromatic N) is 1. The van der Waals surface area contributed by atoms with Crippen molar-refractivity contribution >= 4 is 5.91 Å². The molecule has 4 heteroatoms. The summed E-state index contributed by atoms with van der Waals surface area (Å²) >= 11 is 0. The minimum atomic E-state index is -0.296. The zero-order chi connectivity index (χ0) is 14.5. The van der Waals surface area contributed by atoms with Crippen molar-refractivity contribution in [2.75, 3.05) is 6.54 Å². The molecule has 110 valence electrons. The molecule has 0 bridgehead atoms. The van der Waals surface area contributed by atoms with Crippen LogP contribution in [0.5, 0.6) is 0 Å². The number of carbonyl (C=O) groups excluding carboxylic acids is 1. The molecule has 1 aromatic rings. The van der Waals surface area contributed by atoms with Crippen LogP contribution < -0.4 is 5.32 Å².